The Morgan fingerprint density at radius 2 is 1.02 bits per heavy atom. The summed E-state index contributed by atoms with van der Waals surface area (Å²) < 4.78 is 1.18. The summed E-state index contributed by atoms with van der Waals surface area (Å²) in [6.07, 6.45) is 7.31. The van der Waals surface area contributed by atoms with Crippen LogP contribution in [0.5, 0.6) is 0 Å². The third-order valence-electron chi connectivity index (χ3n) is 8.72. The Bertz CT molecular complexity index is 1560. The number of rotatable bonds is 10. The summed E-state index contributed by atoms with van der Waals surface area (Å²) in [7, 11) is 0. The van der Waals surface area contributed by atoms with Crippen molar-refractivity contribution in [2.75, 3.05) is 4.90 Å². The summed E-state index contributed by atoms with van der Waals surface area (Å²) >= 11 is 3.80. The smallest absolute Gasteiger partial charge is 0.0462 e. The maximum Gasteiger partial charge on any atom is 0.0462 e. The molecule has 0 fully saturated rings. The average Bonchev–Trinajstić information content (AvgIpc) is 3.28. The third-order valence-corrected chi connectivity index (χ3v) is 9.22. The maximum atomic E-state index is 3.80. The lowest BCUT2D eigenvalue weighted by Crippen LogP contribution is -2.25. The summed E-state index contributed by atoms with van der Waals surface area (Å²) in [5.74, 6) is 0. The Morgan fingerprint density at radius 1 is 0.537 bits per heavy atom. The lowest BCUT2D eigenvalue weighted by Gasteiger charge is -2.33. The van der Waals surface area contributed by atoms with Crippen LogP contribution in [0.25, 0.3) is 22.3 Å². The first-order chi connectivity index (χ1) is 20.1. The van der Waals surface area contributed by atoms with Crippen molar-refractivity contribution >= 4 is 33.0 Å². The van der Waals surface area contributed by atoms with Gasteiger partial charge in [0.25, 0.3) is 0 Å². The monoisotopic (exact) mass is 599 g/mol. The standard InChI is InChI=1S/C39H38BrN/c1-3-5-25-39(26-6-4-2)37-27-30(19-23-35(37)36-24-20-31(40)28-38(36)39)29-17-21-34(22-18-29)41(32-13-9-7-10-14-32)33-15-11-8-12-16-33/h7-24,27-28H,3-6,25-26H2,1-2H3. The van der Waals surface area contributed by atoms with Crippen molar-refractivity contribution in [1.82, 2.24) is 0 Å². The molecule has 0 atom stereocenters. The van der Waals surface area contributed by atoms with Crippen molar-refractivity contribution < 1.29 is 0 Å². The fraction of sp³-hybridized carbons (Fsp3) is 0.231. The Morgan fingerprint density at radius 3 is 1.59 bits per heavy atom. The molecule has 0 heterocycles. The van der Waals surface area contributed by atoms with Crippen molar-refractivity contribution in [3.05, 3.63) is 137 Å². The summed E-state index contributed by atoms with van der Waals surface area (Å²) in [6, 6.07) is 44.5. The molecule has 0 radical (unpaired) electrons. The van der Waals surface area contributed by atoms with Gasteiger partial charge in [-0.05, 0) is 101 Å². The number of nitrogens with zero attached hydrogens (tertiary/aromatic N) is 1. The van der Waals surface area contributed by atoms with Crippen LogP contribution in [0.3, 0.4) is 0 Å². The normalized spacial score (nSPS) is 13.0. The summed E-state index contributed by atoms with van der Waals surface area (Å²) in [5.41, 5.74) is 12.0. The molecule has 1 nitrogen and oxygen atoms in total. The zero-order valence-electron chi connectivity index (χ0n) is 24.1. The largest absolute Gasteiger partial charge is 0.311 e. The van der Waals surface area contributed by atoms with Crippen LogP contribution >= 0.6 is 15.9 Å². The minimum Gasteiger partial charge on any atom is -0.311 e. The van der Waals surface area contributed by atoms with Gasteiger partial charge in [0.05, 0.1) is 0 Å². The molecule has 0 aliphatic heterocycles. The fourth-order valence-corrected chi connectivity index (χ4v) is 7.03. The van der Waals surface area contributed by atoms with E-state index >= 15 is 0 Å². The Labute approximate surface area is 254 Å². The van der Waals surface area contributed by atoms with Gasteiger partial charge >= 0.3 is 0 Å². The van der Waals surface area contributed by atoms with Gasteiger partial charge in [-0.1, -0.05) is 122 Å². The minimum absolute atomic E-state index is 0.0772. The molecular weight excluding hydrogens is 562 g/mol. The predicted molar refractivity (Wildman–Crippen MR) is 180 cm³/mol. The van der Waals surface area contributed by atoms with Crippen molar-refractivity contribution in [3.8, 4) is 22.3 Å². The van der Waals surface area contributed by atoms with Gasteiger partial charge in [0.1, 0.15) is 0 Å². The lowest BCUT2D eigenvalue weighted by atomic mass is 9.70. The summed E-state index contributed by atoms with van der Waals surface area (Å²) in [5, 5.41) is 0. The van der Waals surface area contributed by atoms with E-state index in [0.29, 0.717) is 0 Å². The summed E-state index contributed by atoms with van der Waals surface area (Å²) in [6.45, 7) is 4.63. The Kier molecular flexibility index (Phi) is 8.12. The molecule has 2 heteroatoms. The van der Waals surface area contributed by atoms with Crippen molar-refractivity contribution in [2.24, 2.45) is 0 Å². The third kappa shape index (κ3) is 5.26. The molecule has 0 amide bonds. The second kappa shape index (κ2) is 12.1. The molecule has 5 aromatic rings. The van der Waals surface area contributed by atoms with E-state index in [4.69, 9.17) is 0 Å². The number of para-hydroxylation sites is 2. The highest BCUT2D eigenvalue weighted by molar-refractivity contribution is 9.10. The van der Waals surface area contributed by atoms with E-state index in [1.807, 2.05) is 0 Å². The SMILES string of the molecule is CCCCC1(CCCC)c2cc(Br)ccc2-c2ccc(-c3ccc(N(c4ccccc4)c4ccccc4)cc3)cc21. The second-order valence-electron chi connectivity index (χ2n) is 11.3. The number of fused-ring (bicyclic) bond motifs is 3. The summed E-state index contributed by atoms with van der Waals surface area (Å²) in [4.78, 5) is 2.32. The minimum atomic E-state index is 0.0772. The molecule has 0 bridgehead atoms. The van der Waals surface area contributed by atoms with Gasteiger partial charge in [-0.15, -0.1) is 0 Å². The van der Waals surface area contributed by atoms with Crippen molar-refractivity contribution in [1.29, 1.82) is 0 Å². The molecule has 0 spiro atoms. The highest BCUT2D eigenvalue weighted by Crippen LogP contribution is 2.55. The average molecular weight is 601 g/mol. The molecule has 0 unspecified atom stereocenters. The van der Waals surface area contributed by atoms with E-state index in [-0.39, 0.29) is 5.41 Å². The van der Waals surface area contributed by atoms with Crippen LogP contribution in [0.1, 0.15) is 63.5 Å². The van der Waals surface area contributed by atoms with Gasteiger partial charge < -0.3 is 4.90 Å². The van der Waals surface area contributed by atoms with Crippen LogP contribution < -0.4 is 4.90 Å². The van der Waals surface area contributed by atoms with Crippen molar-refractivity contribution in [2.45, 2.75) is 57.8 Å². The van der Waals surface area contributed by atoms with Crippen LogP contribution in [-0.2, 0) is 5.41 Å². The van der Waals surface area contributed by atoms with Gasteiger partial charge in [0, 0.05) is 26.9 Å². The quantitative estimate of drug-likeness (QED) is 0.154. The second-order valence-corrected chi connectivity index (χ2v) is 12.2. The van der Waals surface area contributed by atoms with Crippen LogP contribution in [0.2, 0.25) is 0 Å². The zero-order valence-corrected chi connectivity index (χ0v) is 25.7. The Hall–Kier alpha value is -3.62. The van der Waals surface area contributed by atoms with Gasteiger partial charge in [0.2, 0.25) is 0 Å². The number of halogens is 1. The van der Waals surface area contributed by atoms with E-state index in [9.17, 15) is 0 Å². The maximum absolute atomic E-state index is 3.80. The van der Waals surface area contributed by atoms with Crippen LogP contribution in [0, 0.1) is 0 Å². The molecule has 1 aliphatic rings. The molecule has 5 aromatic carbocycles. The molecule has 41 heavy (non-hydrogen) atoms. The highest BCUT2D eigenvalue weighted by Gasteiger charge is 2.42. The first-order valence-electron chi connectivity index (χ1n) is 15.1. The van der Waals surface area contributed by atoms with E-state index < -0.39 is 0 Å². The number of hydrogen-bond donors (Lipinski definition) is 0. The number of hydrogen-bond acceptors (Lipinski definition) is 1. The molecule has 1 aliphatic carbocycles. The van der Waals surface area contributed by atoms with Crippen LogP contribution in [-0.4, -0.2) is 0 Å². The Balaban J connectivity index is 1.41. The first kappa shape index (κ1) is 27.5. The number of unbranched alkanes of at least 4 members (excludes halogenated alkanes) is 2. The first-order valence-corrected chi connectivity index (χ1v) is 15.9. The molecule has 0 N–H and O–H groups in total. The molecule has 0 saturated heterocycles. The van der Waals surface area contributed by atoms with E-state index in [1.54, 1.807) is 0 Å². The van der Waals surface area contributed by atoms with Crippen LogP contribution in [0.15, 0.2) is 126 Å². The molecule has 0 aromatic heterocycles. The topological polar surface area (TPSA) is 3.24 Å². The molecule has 6 rings (SSSR count). The molecule has 0 saturated carbocycles. The van der Waals surface area contributed by atoms with Gasteiger partial charge in [-0.25, -0.2) is 0 Å². The fourth-order valence-electron chi connectivity index (χ4n) is 6.67. The van der Waals surface area contributed by atoms with Crippen LogP contribution in [0.4, 0.5) is 17.1 Å². The van der Waals surface area contributed by atoms with E-state index in [1.165, 1.54) is 76.4 Å². The number of benzene rings is 5. The van der Waals surface area contributed by atoms with E-state index in [2.05, 4.69) is 156 Å². The van der Waals surface area contributed by atoms with Gasteiger partial charge in [-0.2, -0.15) is 0 Å². The van der Waals surface area contributed by atoms with E-state index in [0.717, 1.165) is 17.1 Å². The lowest BCUT2D eigenvalue weighted by molar-refractivity contribution is 0.414. The zero-order chi connectivity index (χ0) is 28.2. The highest BCUT2D eigenvalue weighted by atomic mass is 79.9. The van der Waals surface area contributed by atoms with Crippen molar-refractivity contribution in [3.63, 3.8) is 0 Å². The van der Waals surface area contributed by atoms with Gasteiger partial charge in [0.15, 0.2) is 0 Å². The number of anilines is 3. The predicted octanol–water partition coefficient (Wildman–Crippen LogP) is 12.2. The van der Waals surface area contributed by atoms with Gasteiger partial charge in [-0.3, -0.25) is 0 Å². The molecular formula is C39H38BrN. The molecule has 206 valence electrons.